The lowest BCUT2D eigenvalue weighted by molar-refractivity contribution is 0.101. The number of aryl methyl sites for hydroxylation is 1. The lowest BCUT2D eigenvalue weighted by atomic mass is 9.75. The summed E-state index contributed by atoms with van der Waals surface area (Å²) in [7, 11) is 3.20. The monoisotopic (exact) mass is 487 g/mol. The maximum atomic E-state index is 15.5. The van der Waals surface area contributed by atoms with Crippen molar-refractivity contribution in [3.63, 3.8) is 0 Å². The van der Waals surface area contributed by atoms with Crippen LogP contribution in [0.2, 0.25) is 5.15 Å². The number of aromatic nitrogens is 4. The normalized spacial score (nSPS) is 12.9. The second-order valence-corrected chi connectivity index (χ2v) is 8.19. The van der Waals surface area contributed by atoms with Crippen molar-refractivity contribution in [1.82, 2.24) is 19.9 Å². The van der Waals surface area contributed by atoms with E-state index in [1.807, 2.05) is 0 Å². The maximum Gasteiger partial charge on any atom is 0.277 e. The van der Waals surface area contributed by atoms with E-state index in [0.717, 1.165) is 12.1 Å². The zero-order valence-electron chi connectivity index (χ0n) is 18.5. The van der Waals surface area contributed by atoms with Gasteiger partial charge in [-0.3, -0.25) is 9.48 Å². The summed E-state index contributed by atoms with van der Waals surface area (Å²) in [6.07, 6.45) is 4.42. The molecule has 0 bridgehead atoms. The van der Waals surface area contributed by atoms with Gasteiger partial charge in [0.1, 0.15) is 12.1 Å². The first-order valence-corrected chi connectivity index (χ1v) is 10.5. The van der Waals surface area contributed by atoms with Crippen LogP contribution in [0.5, 0.6) is 5.75 Å². The Morgan fingerprint density at radius 3 is 2.68 bits per heavy atom. The minimum absolute atomic E-state index is 0.0393. The van der Waals surface area contributed by atoms with E-state index in [4.69, 9.17) is 16.3 Å². The van der Waals surface area contributed by atoms with Crippen molar-refractivity contribution in [2.75, 3.05) is 12.4 Å². The summed E-state index contributed by atoms with van der Waals surface area (Å²) in [5.41, 5.74) is -0.374. The Labute approximate surface area is 198 Å². The number of anilines is 1. The molecule has 34 heavy (non-hydrogen) atoms. The third-order valence-corrected chi connectivity index (χ3v) is 5.85. The molecule has 1 N–H and O–H groups in total. The number of amides is 1. The Hall–Kier alpha value is -3.79. The van der Waals surface area contributed by atoms with Gasteiger partial charge in [0, 0.05) is 35.9 Å². The first-order valence-electron chi connectivity index (χ1n) is 10.1. The molecule has 1 unspecified atom stereocenters. The van der Waals surface area contributed by atoms with Crippen LogP contribution in [0.15, 0.2) is 53.5 Å². The van der Waals surface area contributed by atoms with Gasteiger partial charge in [-0.15, -0.1) is 0 Å². The standard InChI is InChI=1S/C23H20ClF2N5O3/c1-23(13-11-27-31(2)12-13,19-7-6-18(33-3)21(24)29-19)10-14-15(25)4-5-16(20(14)26)28-22(32)17-8-9-34-30-17/h4-9,11-12H,10H2,1-3H3,(H,28,32). The zero-order valence-corrected chi connectivity index (χ0v) is 19.2. The highest BCUT2D eigenvalue weighted by molar-refractivity contribution is 6.30. The van der Waals surface area contributed by atoms with Crippen LogP contribution in [0.1, 0.15) is 34.2 Å². The number of halogens is 3. The molecule has 0 aliphatic carbocycles. The summed E-state index contributed by atoms with van der Waals surface area (Å²) in [6, 6.07) is 6.89. The van der Waals surface area contributed by atoms with Crippen molar-refractivity contribution in [3.05, 3.63) is 88.3 Å². The minimum atomic E-state index is -1.03. The van der Waals surface area contributed by atoms with E-state index >= 15 is 4.39 Å². The molecule has 0 fully saturated rings. The molecule has 0 saturated carbocycles. The zero-order chi connectivity index (χ0) is 24.5. The molecule has 0 aliphatic heterocycles. The predicted octanol–water partition coefficient (Wildman–Crippen LogP) is 4.54. The van der Waals surface area contributed by atoms with Crippen LogP contribution in [-0.2, 0) is 18.9 Å². The van der Waals surface area contributed by atoms with Gasteiger partial charge in [-0.05, 0) is 37.6 Å². The van der Waals surface area contributed by atoms with E-state index in [-0.39, 0.29) is 28.5 Å². The summed E-state index contributed by atoms with van der Waals surface area (Å²) in [6.45, 7) is 1.79. The molecule has 4 rings (SSSR count). The molecule has 3 aromatic heterocycles. The number of nitrogens with one attached hydrogen (secondary N) is 1. The fourth-order valence-corrected chi connectivity index (χ4v) is 3.88. The lowest BCUT2D eigenvalue weighted by Crippen LogP contribution is -2.29. The van der Waals surface area contributed by atoms with Crippen LogP contribution in [0.4, 0.5) is 14.5 Å². The number of benzene rings is 1. The highest BCUT2D eigenvalue weighted by atomic mass is 35.5. The van der Waals surface area contributed by atoms with Gasteiger partial charge in [0.2, 0.25) is 0 Å². The van der Waals surface area contributed by atoms with Gasteiger partial charge in [-0.1, -0.05) is 16.8 Å². The molecule has 4 aromatic rings. The summed E-state index contributed by atoms with van der Waals surface area (Å²) < 4.78 is 41.9. The molecule has 1 atom stereocenters. The fraction of sp³-hybridized carbons (Fsp3) is 0.217. The van der Waals surface area contributed by atoms with Gasteiger partial charge < -0.3 is 14.6 Å². The lowest BCUT2D eigenvalue weighted by Gasteiger charge is -2.29. The SMILES string of the molecule is COc1ccc(C(C)(Cc2c(F)ccc(NC(=O)c3ccon3)c2F)c2cnn(C)c2)nc1Cl. The van der Waals surface area contributed by atoms with Crippen molar-refractivity contribution >= 4 is 23.2 Å². The highest BCUT2D eigenvalue weighted by Gasteiger charge is 2.35. The first kappa shape index (κ1) is 23.4. The van der Waals surface area contributed by atoms with E-state index in [2.05, 4.69) is 25.1 Å². The molecule has 0 spiro atoms. The number of methoxy groups -OCH3 is 1. The van der Waals surface area contributed by atoms with Crippen LogP contribution in [-0.4, -0.2) is 32.9 Å². The summed E-state index contributed by atoms with van der Waals surface area (Å²) in [4.78, 5) is 16.7. The summed E-state index contributed by atoms with van der Waals surface area (Å²) >= 11 is 6.26. The van der Waals surface area contributed by atoms with Gasteiger partial charge in [-0.2, -0.15) is 5.10 Å². The van der Waals surface area contributed by atoms with Crippen LogP contribution in [0, 0.1) is 11.6 Å². The number of carbonyl (C=O) groups is 1. The van der Waals surface area contributed by atoms with Crippen molar-refractivity contribution in [2.24, 2.45) is 7.05 Å². The Morgan fingerprint density at radius 2 is 2.06 bits per heavy atom. The molecule has 11 heteroatoms. The number of rotatable bonds is 7. The number of hydrogen-bond donors (Lipinski definition) is 1. The predicted molar refractivity (Wildman–Crippen MR) is 120 cm³/mol. The van der Waals surface area contributed by atoms with Crippen molar-refractivity contribution < 1.29 is 22.8 Å². The molecule has 8 nitrogen and oxygen atoms in total. The average Bonchev–Trinajstić information content (AvgIpc) is 3.51. The Morgan fingerprint density at radius 1 is 1.26 bits per heavy atom. The van der Waals surface area contributed by atoms with Crippen LogP contribution >= 0.6 is 11.6 Å². The number of nitrogens with zero attached hydrogens (tertiary/aromatic N) is 4. The van der Waals surface area contributed by atoms with Gasteiger partial charge in [0.15, 0.2) is 22.4 Å². The van der Waals surface area contributed by atoms with Crippen LogP contribution in [0.25, 0.3) is 0 Å². The third kappa shape index (κ3) is 4.36. The van der Waals surface area contributed by atoms with Crippen molar-refractivity contribution in [1.29, 1.82) is 0 Å². The van der Waals surface area contributed by atoms with Gasteiger partial charge >= 0.3 is 0 Å². The summed E-state index contributed by atoms with van der Waals surface area (Å²) in [5.74, 6) is -2.00. The smallest absolute Gasteiger partial charge is 0.277 e. The Bertz CT molecular complexity index is 1340. The number of pyridine rings is 1. The van der Waals surface area contributed by atoms with E-state index in [9.17, 15) is 9.18 Å². The van der Waals surface area contributed by atoms with Crippen LogP contribution < -0.4 is 10.1 Å². The molecule has 1 amide bonds. The van der Waals surface area contributed by atoms with Crippen molar-refractivity contribution in [3.8, 4) is 5.75 Å². The average molecular weight is 488 g/mol. The molecule has 176 valence electrons. The van der Waals surface area contributed by atoms with Gasteiger partial charge in [-0.25, -0.2) is 13.8 Å². The number of ether oxygens (including phenoxy) is 1. The van der Waals surface area contributed by atoms with Crippen LogP contribution in [0.3, 0.4) is 0 Å². The minimum Gasteiger partial charge on any atom is -0.494 e. The quantitative estimate of drug-likeness (QED) is 0.384. The molecule has 3 heterocycles. The Kier molecular flexibility index (Phi) is 6.34. The first-order chi connectivity index (χ1) is 16.2. The molecule has 0 saturated heterocycles. The van der Waals surface area contributed by atoms with E-state index in [1.165, 1.54) is 19.4 Å². The highest BCUT2D eigenvalue weighted by Crippen LogP contribution is 2.38. The molecular weight excluding hydrogens is 468 g/mol. The molecule has 1 aromatic carbocycles. The van der Waals surface area contributed by atoms with Gasteiger partial charge in [0.25, 0.3) is 5.91 Å². The van der Waals surface area contributed by atoms with E-state index < -0.39 is 23.0 Å². The third-order valence-electron chi connectivity index (χ3n) is 5.58. The maximum absolute atomic E-state index is 15.5. The number of hydrogen-bond acceptors (Lipinski definition) is 6. The topological polar surface area (TPSA) is 95.1 Å². The largest absolute Gasteiger partial charge is 0.494 e. The second-order valence-electron chi connectivity index (χ2n) is 7.83. The van der Waals surface area contributed by atoms with Gasteiger partial charge in [0.05, 0.1) is 24.7 Å². The fourth-order valence-electron chi connectivity index (χ4n) is 3.65. The second kappa shape index (κ2) is 9.22. The summed E-state index contributed by atoms with van der Waals surface area (Å²) in [5, 5.41) is 10.2. The number of carbonyl (C=O) groups excluding carboxylic acids is 1. The molecular formula is C23H20ClF2N5O3. The van der Waals surface area contributed by atoms with E-state index in [1.54, 1.807) is 43.2 Å². The van der Waals surface area contributed by atoms with Crippen molar-refractivity contribution in [2.45, 2.75) is 18.8 Å². The molecule has 0 aliphatic rings. The Balaban J connectivity index is 1.77. The van der Waals surface area contributed by atoms with E-state index in [0.29, 0.717) is 17.0 Å². The molecule has 0 radical (unpaired) electrons.